The third-order valence-corrected chi connectivity index (χ3v) is 5.77. The maximum absolute atomic E-state index is 13.4. The first-order valence-electron chi connectivity index (χ1n) is 9.59. The van der Waals surface area contributed by atoms with E-state index >= 15 is 0 Å². The Kier molecular flexibility index (Phi) is 5.64. The van der Waals surface area contributed by atoms with Gasteiger partial charge in [-0.15, -0.1) is 0 Å². The predicted octanol–water partition coefficient (Wildman–Crippen LogP) is 5.28. The summed E-state index contributed by atoms with van der Waals surface area (Å²) < 4.78 is 24.3. The molecule has 0 radical (unpaired) electrons. The average Bonchev–Trinajstić information content (AvgIpc) is 2.78. The van der Waals surface area contributed by atoms with Crippen LogP contribution in [0.5, 0.6) is 11.5 Å². The second-order valence-electron chi connectivity index (χ2n) is 7.09. The van der Waals surface area contributed by atoms with E-state index in [1.165, 1.54) is 24.3 Å². The van der Waals surface area contributed by atoms with E-state index in [-0.39, 0.29) is 11.7 Å². The van der Waals surface area contributed by atoms with Crippen molar-refractivity contribution < 1.29 is 18.7 Å². The van der Waals surface area contributed by atoms with Crippen LogP contribution in [0.15, 0.2) is 60.7 Å². The quantitative estimate of drug-likeness (QED) is 0.570. The fraction of sp³-hybridized carbons (Fsp3) is 0.208. The first kappa shape index (κ1) is 20.2. The summed E-state index contributed by atoms with van der Waals surface area (Å²) in [7, 11) is 3.18. The van der Waals surface area contributed by atoms with Crippen LogP contribution in [-0.2, 0) is 6.42 Å². The normalized spacial score (nSPS) is 15.5. The molecule has 1 aliphatic rings. The van der Waals surface area contributed by atoms with Gasteiger partial charge < -0.3 is 14.4 Å². The van der Waals surface area contributed by atoms with E-state index in [2.05, 4.69) is 0 Å². The van der Waals surface area contributed by atoms with Gasteiger partial charge in [-0.1, -0.05) is 29.8 Å². The number of nitrogens with zero attached hydrogens (tertiary/aromatic N) is 1. The molecular weight excluding hydrogens is 405 g/mol. The highest BCUT2D eigenvalue weighted by Gasteiger charge is 2.34. The number of hydrogen-bond acceptors (Lipinski definition) is 3. The minimum atomic E-state index is -0.403. The molecule has 0 aromatic heterocycles. The van der Waals surface area contributed by atoms with Gasteiger partial charge in [-0.2, -0.15) is 0 Å². The van der Waals surface area contributed by atoms with Crippen molar-refractivity contribution in [2.45, 2.75) is 12.5 Å². The van der Waals surface area contributed by atoms with E-state index in [0.717, 1.165) is 16.7 Å². The molecule has 4 rings (SSSR count). The molecule has 154 valence electrons. The summed E-state index contributed by atoms with van der Waals surface area (Å²) in [5.41, 5.74) is 3.25. The number of benzene rings is 3. The predicted molar refractivity (Wildman–Crippen MR) is 114 cm³/mol. The summed E-state index contributed by atoms with van der Waals surface area (Å²) in [6, 6.07) is 16.6. The number of hydrogen-bond donors (Lipinski definition) is 0. The van der Waals surface area contributed by atoms with Crippen molar-refractivity contribution in [3.05, 3.63) is 93.8 Å². The van der Waals surface area contributed by atoms with Gasteiger partial charge >= 0.3 is 0 Å². The Hall–Kier alpha value is -3.05. The lowest BCUT2D eigenvalue weighted by Gasteiger charge is -2.38. The summed E-state index contributed by atoms with van der Waals surface area (Å²) in [5, 5.41) is 0.571. The van der Waals surface area contributed by atoms with Gasteiger partial charge in [0, 0.05) is 17.1 Å². The molecule has 0 N–H and O–H groups in total. The van der Waals surface area contributed by atoms with E-state index in [0.29, 0.717) is 35.1 Å². The van der Waals surface area contributed by atoms with Crippen molar-refractivity contribution in [2.75, 3.05) is 20.8 Å². The molecule has 1 aliphatic heterocycles. The smallest absolute Gasteiger partial charge is 0.254 e. The van der Waals surface area contributed by atoms with Crippen molar-refractivity contribution in [2.24, 2.45) is 0 Å². The Bertz CT molecular complexity index is 1080. The molecule has 6 heteroatoms. The molecule has 0 fully saturated rings. The molecule has 1 heterocycles. The molecule has 3 aromatic rings. The maximum Gasteiger partial charge on any atom is 0.254 e. The summed E-state index contributed by atoms with van der Waals surface area (Å²) >= 11 is 6.55. The van der Waals surface area contributed by atoms with Crippen LogP contribution in [0.2, 0.25) is 5.02 Å². The van der Waals surface area contributed by atoms with Crippen molar-refractivity contribution in [1.82, 2.24) is 4.90 Å². The van der Waals surface area contributed by atoms with E-state index in [9.17, 15) is 9.18 Å². The van der Waals surface area contributed by atoms with Crippen LogP contribution in [0.4, 0.5) is 4.39 Å². The molecule has 4 nitrogen and oxygen atoms in total. The Balaban J connectivity index is 1.86. The number of fused-ring (bicyclic) bond motifs is 1. The Morgan fingerprint density at radius 1 is 1.00 bits per heavy atom. The first-order chi connectivity index (χ1) is 14.5. The fourth-order valence-corrected chi connectivity index (χ4v) is 4.19. The summed E-state index contributed by atoms with van der Waals surface area (Å²) in [5.74, 6) is 0.673. The molecule has 0 saturated heterocycles. The number of halogens is 2. The lowest BCUT2D eigenvalue weighted by atomic mass is 9.87. The third-order valence-electron chi connectivity index (χ3n) is 5.43. The second kappa shape index (κ2) is 8.36. The zero-order valence-electron chi connectivity index (χ0n) is 16.7. The Morgan fingerprint density at radius 2 is 1.67 bits per heavy atom. The van der Waals surface area contributed by atoms with Crippen molar-refractivity contribution in [3.8, 4) is 11.5 Å². The van der Waals surface area contributed by atoms with Crippen LogP contribution in [0, 0.1) is 5.82 Å². The molecular formula is C24H21ClFNO3. The molecule has 0 spiro atoms. The maximum atomic E-state index is 13.4. The molecule has 1 atom stereocenters. The standard InChI is InChI=1S/C24H21ClFNO3/c1-29-21-13-16-11-12-27(24(28)15-7-9-17(26)10-8-15)23(19(16)14-22(21)30-2)18-5-3-4-6-20(18)25/h3-10,13-14,23H,11-12H2,1-2H3/t23-/m0/s1. The number of methoxy groups -OCH3 is 2. The molecule has 30 heavy (non-hydrogen) atoms. The molecule has 3 aromatic carbocycles. The van der Waals surface area contributed by atoms with E-state index in [1.807, 2.05) is 36.4 Å². The Morgan fingerprint density at radius 3 is 2.33 bits per heavy atom. The number of carbonyl (C=O) groups excluding carboxylic acids is 1. The Labute approximate surface area is 179 Å². The largest absolute Gasteiger partial charge is 0.493 e. The molecule has 0 unspecified atom stereocenters. The summed E-state index contributed by atoms with van der Waals surface area (Å²) in [4.78, 5) is 15.2. The van der Waals surface area contributed by atoms with E-state index < -0.39 is 6.04 Å². The van der Waals surface area contributed by atoms with Gasteiger partial charge in [0.15, 0.2) is 11.5 Å². The van der Waals surface area contributed by atoms with Crippen LogP contribution in [-0.4, -0.2) is 31.6 Å². The van der Waals surface area contributed by atoms with Crippen LogP contribution in [0.1, 0.15) is 33.1 Å². The molecule has 0 aliphatic carbocycles. The van der Waals surface area contributed by atoms with Gasteiger partial charge in [-0.3, -0.25) is 4.79 Å². The van der Waals surface area contributed by atoms with Gasteiger partial charge in [0.25, 0.3) is 5.91 Å². The number of rotatable bonds is 4. The number of carbonyl (C=O) groups is 1. The summed E-state index contributed by atoms with van der Waals surface area (Å²) in [6.45, 7) is 0.495. The SMILES string of the molecule is COc1cc2c(cc1OC)[C@H](c1ccccc1Cl)N(C(=O)c1ccc(F)cc1)CC2. The minimum Gasteiger partial charge on any atom is -0.493 e. The van der Waals surface area contributed by atoms with Crippen molar-refractivity contribution in [1.29, 1.82) is 0 Å². The highest BCUT2D eigenvalue weighted by molar-refractivity contribution is 6.31. The monoisotopic (exact) mass is 425 g/mol. The third kappa shape index (κ3) is 3.61. The molecule has 0 saturated carbocycles. The van der Waals surface area contributed by atoms with Crippen molar-refractivity contribution >= 4 is 17.5 Å². The van der Waals surface area contributed by atoms with Crippen LogP contribution < -0.4 is 9.47 Å². The van der Waals surface area contributed by atoms with E-state index in [1.54, 1.807) is 19.1 Å². The zero-order chi connectivity index (χ0) is 21.3. The first-order valence-corrected chi connectivity index (χ1v) is 9.97. The number of ether oxygens (including phenoxy) is 2. The van der Waals surface area contributed by atoms with E-state index in [4.69, 9.17) is 21.1 Å². The van der Waals surface area contributed by atoms with Crippen molar-refractivity contribution in [3.63, 3.8) is 0 Å². The second-order valence-corrected chi connectivity index (χ2v) is 7.49. The molecule has 1 amide bonds. The van der Waals surface area contributed by atoms with Gasteiger partial charge in [-0.05, 0) is 65.6 Å². The van der Waals surface area contributed by atoms with Gasteiger partial charge in [0.05, 0.1) is 20.3 Å². The average molecular weight is 426 g/mol. The molecule has 0 bridgehead atoms. The number of amides is 1. The topological polar surface area (TPSA) is 38.8 Å². The highest BCUT2D eigenvalue weighted by atomic mass is 35.5. The lowest BCUT2D eigenvalue weighted by molar-refractivity contribution is 0.0694. The van der Waals surface area contributed by atoms with Crippen LogP contribution in [0.25, 0.3) is 0 Å². The highest BCUT2D eigenvalue weighted by Crippen LogP contribution is 2.43. The van der Waals surface area contributed by atoms with Gasteiger partial charge in [0.2, 0.25) is 0 Å². The van der Waals surface area contributed by atoms with Crippen LogP contribution in [0.3, 0.4) is 0 Å². The van der Waals surface area contributed by atoms with Gasteiger partial charge in [0.1, 0.15) is 5.82 Å². The zero-order valence-corrected chi connectivity index (χ0v) is 17.4. The lowest BCUT2D eigenvalue weighted by Crippen LogP contribution is -2.40. The summed E-state index contributed by atoms with van der Waals surface area (Å²) in [6.07, 6.45) is 0.656. The van der Waals surface area contributed by atoms with Crippen LogP contribution >= 0.6 is 11.6 Å². The fourth-order valence-electron chi connectivity index (χ4n) is 3.96. The minimum absolute atomic E-state index is 0.180. The van der Waals surface area contributed by atoms with Gasteiger partial charge in [-0.25, -0.2) is 4.39 Å².